The summed E-state index contributed by atoms with van der Waals surface area (Å²) in [6, 6.07) is 0. The van der Waals surface area contributed by atoms with Crippen molar-refractivity contribution in [1.29, 1.82) is 0 Å². The van der Waals surface area contributed by atoms with Crippen molar-refractivity contribution in [2.24, 2.45) is 0 Å². The lowest BCUT2D eigenvalue weighted by molar-refractivity contribution is -0.138. The van der Waals surface area contributed by atoms with E-state index in [0.29, 0.717) is 0 Å². The smallest absolute Gasteiger partial charge is 0.333 e. The zero-order chi connectivity index (χ0) is 10.1. The number of carbonyl (C=O) groups is 1. The molecule has 1 unspecified atom stereocenters. The zero-order valence-electron chi connectivity index (χ0n) is 8.89. The fourth-order valence-electron chi connectivity index (χ4n) is 1.47. The molecule has 1 heterocycles. The fraction of sp³-hybridized carbons (Fsp3) is 0.700. The third-order valence-corrected chi connectivity index (χ3v) is 3.26. The highest BCUT2D eigenvalue weighted by Gasteiger charge is 2.28. The van der Waals surface area contributed by atoms with Crippen LogP contribution >= 0.6 is 0 Å². The van der Waals surface area contributed by atoms with Crippen LogP contribution in [0.3, 0.4) is 0 Å². The first-order valence-electron chi connectivity index (χ1n) is 4.85. The Morgan fingerprint density at radius 2 is 2.15 bits per heavy atom. The molecule has 1 rings (SSSR count). The van der Waals surface area contributed by atoms with Gasteiger partial charge in [0.05, 0.1) is 8.07 Å². The lowest BCUT2D eigenvalue weighted by Gasteiger charge is -2.09. The highest BCUT2D eigenvalue weighted by Crippen LogP contribution is 2.24. The van der Waals surface area contributed by atoms with Gasteiger partial charge in [-0.2, -0.15) is 0 Å². The Bertz CT molecular complexity index is 238. The number of esters is 1. The van der Waals surface area contributed by atoms with Crippen LogP contribution in [0.2, 0.25) is 19.6 Å². The van der Waals surface area contributed by atoms with E-state index in [9.17, 15) is 4.79 Å². The maximum Gasteiger partial charge on any atom is 0.333 e. The second-order valence-electron chi connectivity index (χ2n) is 4.68. The molecule has 0 amide bonds. The van der Waals surface area contributed by atoms with Crippen molar-refractivity contribution >= 4 is 14.0 Å². The first kappa shape index (κ1) is 10.5. The molecular formula is C10H18O2Si. The minimum absolute atomic E-state index is 0.0886. The predicted octanol–water partition coefficient (Wildman–Crippen LogP) is 2.52. The topological polar surface area (TPSA) is 26.3 Å². The van der Waals surface area contributed by atoms with Crippen molar-refractivity contribution in [1.82, 2.24) is 0 Å². The lowest BCUT2D eigenvalue weighted by atomic mass is 10.1. The van der Waals surface area contributed by atoms with E-state index in [4.69, 9.17) is 4.74 Å². The molecule has 1 aliphatic rings. The molecule has 0 radical (unpaired) electrons. The summed E-state index contributed by atoms with van der Waals surface area (Å²) in [6.45, 7) is 8.74. The van der Waals surface area contributed by atoms with Crippen LogP contribution in [0, 0.1) is 0 Å². The number of cyclic esters (lactones) is 1. The molecular weight excluding hydrogens is 180 g/mol. The van der Waals surface area contributed by atoms with Gasteiger partial charge >= 0.3 is 5.97 Å². The molecule has 1 atom stereocenters. The molecule has 2 nitrogen and oxygen atoms in total. The van der Waals surface area contributed by atoms with Crippen molar-refractivity contribution in [2.75, 3.05) is 0 Å². The number of hydrogen-bond acceptors (Lipinski definition) is 2. The molecule has 0 spiro atoms. The molecule has 0 aromatic carbocycles. The molecule has 74 valence electrons. The summed E-state index contributed by atoms with van der Waals surface area (Å²) < 4.78 is 5.18. The SMILES string of the molecule is CCC1C/C(=C\[Si](C)(C)C)C(=O)O1. The number of ether oxygens (including phenoxy) is 1. The number of carbonyl (C=O) groups excluding carboxylic acids is 1. The standard InChI is InChI=1S/C10H18O2Si/c1-5-9-6-8(10(11)12-9)7-13(2,3)4/h7,9H,5-6H2,1-4H3/b8-7+. The molecule has 3 heteroatoms. The molecule has 0 aromatic rings. The first-order valence-corrected chi connectivity index (χ1v) is 8.43. The Hall–Kier alpha value is -0.573. The van der Waals surface area contributed by atoms with E-state index in [-0.39, 0.29) is 12.1 Å². The summed E-state index contributed by atoms with van der Waals surface area (Å²) in [4.78, 5) is 11.4. The Morgan fingerprint density at radius 3 is 2.54 bits per heavy atom. The third-order valence-electron chi connectivity index (χ3n) is 2.05. The van der Waals surface area contributed by atoms with Crippen LogP contribution in [0.5, 0.6) is 0 Å². The van der Waals surface area contributed by atoms with Crippen molar-refractivity contribution in [3.05, 3.63) is 11.3 Å². The molecule has 0 aliphatic carbocycles. The average molecular weight is 198 g/mol. The molecule has 13 heavy (non-hydrogen) atoms. The molecule has 0 saturated carbocycles. The normalized spacial score (nSPS) is 26.6. The maximum atomic E-state index is 11.4. The summed E-state index contributed by atoms with van der Waals surface area (Å²) >= 11 is 0. The number of hydrogen-bond donors (Lipinski definition) is 0. The lowest BCUT2D eigenvalue weighted by Crippen LogP contribution is -2.17. The third kappa shape index (κ3) is 2.99. The summed E-state index contributed by atoms with van der Waals surface area (Å²) in [5.74, 6) is -0.0886. The van der Waals surface area contributed by atoms with Crippen LogP contribution in [-0.4, -0.2) is 20.1 Å². The van der Waals surface area contributed by atoms with Gasteiger partial charge in [-0.3, -0.25) is 0 Å². The molecule has 0 aromatic heterocycles. The molecule has 1 aliphatic heterocycles. The van der Waals surface area contributed by atoms with Gasteiger partial charge < -0.3 is 4.74 Å². The quantitative estimate of drug-likeness (QED) is 0.387. The summed E-state index contributed by atoms with van der Waals surface area (Å²) in [7, 11) is -1.27. The largest absolute Gasteiger partial charge is 0.459 e. The Labute approximate surface area is 81.0 Å². The Balaban J connectivity index is 2.73. The van der Waals surface area contributed by atoms with Crippen LogP contribution in [0.25, 0.3) is 0 Å². The molecule has 0 bridgehead atoms. The highest BCUT2D eigenvalue weighted by atomic mass is 28.3. The van der Waals surface area contributed by atoms with E-state index in [1.165, 1.54) is 0 Å². The van der Waals surface area contributed by atoms with Gasteiger partial charge in [0.1, 0.15) is 6.10 Å². The van der Waals surface area contributed by atoms with Crippen LogP contribution in [0.15, 0.2) is 11.3 Å². The van der Waals surface area contributed by atoms with Gasteiger partial charge in [0.15, 0.2) is 0 Å². The van der Waals surface area contributed by atoms with Crippen LogP contribution in [0.4, 0.5) is 0 Å². The van der Waals surface area contributed by atoms with Crippen LogP contribution in [0.1, 0.15) is 19.8 Å². The highest BCUT2D eigenvalue weighted by molar-refractivity contribution is 6.81. The molecule has 1 fully saturated rings. The number of rotatable bonds is 2. The summed E-state index contributed by atoms with van der Waals surface area (Å²) in [5.41, 5.74) is 3.07. The van der Waals surface area contributed by atoms with Gasteiger partial charge in [-0.05, 0) is 6.42 Å². The van der Waals surface area contributed by atoms with E-state index in [1.807, 2.05) is 0 Å². The minimum Gasteiger partial charge on any atom is -0.459 e. The second-order valence-corrected chi connectivity index (χ2v) is 9.70. The second kappa shape index (κ2) is 3.66. The van der Waals surface area contributed by atoms with E-state index in [1.54, 1.807) is 0 Å². The molecule has 0 N–H and O–H groups in total. The Morgan fingerprint density at radius 1 is 1.54 bits per heavy atom. The van der Waals surface area contributed by atoms with Gasteiger partial charge in [-0.15, -0.1) is 0 Å². The fourth-order valence-corrected chi connectivity index (χ4v) is 2.75. The molecule has 1 saturated heterocycles. The summed E-state index contributed by atoms with van der Waals surface area (Å²) in [5, 5.41) is 0. The Kier molecular flexibility index (Phi) is 2.96. The average Bonchev–Trinajstić information content (AvgIpc) is 2.29. The van der Waals surface area contributed by atoms with Gasteiger partial charge in [0.2, 0.25) is 0 Å². The van der Waals surface area contributed by atoms with Gasteiger partial charge in [-0.25, -0.2) is 4.79 Å². The van der Waals surface area contributed by atoms with Gasteiger partial charge in [-0.1, -0.05) is 32.3 Å². The van der Waals surface area contributed by atoms with Gasteiger partial charge in [0.25, 0.3) is 0 Å². The van der Waals surface area contributed by atoms with Gasteiger partial charge in [0, 0.05) is 12.0 Å². The maximum absolute atomic E-state index is 11.4. The van der Waals surface area contributed by atoms with Crippen molar-refractivity contribution in [2.45, 2.75) is 45.5 Å². The van der Waals surface area contributed by atoms with Crippen LogP contribution < -0.4 is 0 Å². The summed E-state index contributed by atoms with van der Waals surface area (Å²) in [6.07, 6.45) is 1.88. The van der Waals surface area contributed by atoms with E-state index in [0.717, 1.165) is 18.4 Å². The minimum atomic E-state index is -1.27. The van der Waals surface area contributed by atoms with Crippen molar-refractivity contribution in [3.8, 4) is 0 Å². The van der Waals surface area contributed by atoms with E-state index < -0.39 is 8.07 Å². The van der Waals surface area contributed by atoms with Crippen molar-refractivity contribution in [3.63, 3.8) is 0 Å². The first-order chi connectivity index (χ1) is 5.92. The predicted molar refractivity (Wildman–Crippen MR) is 56.2 cm³/mol. The van der Waals surface area contributed by atoms with E-state index in [2.05, 4.69) is 32.3 Å². The monoisotopic (exact) mass is 198 g/mol. The van der Waals surface area contributed by atoms with E-state index >= 15 is 0 Å². The van der Waals surface area contributed by atoms with Crippen molar-refractivity contribution < 1.29 is 9.53 Å². The van der Waals surface area contributed by atoms with Crippen LogP contribution in [-0.2, 0) is 9.53 Å². The zero-order valence-corrected chi connectivity index (χ0v) is 9.89.